The number of rotatable bonds is 5. The van der Waals surface area contributed by atoms with Gasteiger partial charge in [-0.3, -0.25) is 4.98 Å². The molecule has 0 saturated heterocycles. The molecule has 0 saturated carbocycles. The van der Waals surface area contributed by atoms with Crippen LogP contribution in [0.25, 0.3) is 10.2 Å². The van der Waals surface area contributed by atoms with Crippen molar-refractivity contribution in [3.05, 3.63) is 48.0 Å². The van der Waals surface area contributed by atoms with Crippen LogP contribution in [0.15, 0.2) is 42.4 Å². The third-order valence-electron chi connectivity index (χ3n) is 3.40. The molecule has 3 heterocycles. The molecule has 3 aromatic rings. The molecule has 0 bridgehead atoms. The minimum Gasteiger partial charge on any atom is -0.336 e. The van der Waals surface area contributed by atoms with E-state index in [0.717, 1.165) is 12.1 Å². The van der Waals surface area contributed by atoms with E-state index >= 15 is 0 Å². The molecule has 4 nitrogen and oxygen atoms in total. The highest BCUT2D eigenvalue weighted by Gasteiger charge is 2.11. The molecule has 0 aliphatic carbocycles. The van der Waals surface area contributed by atoms with Crippen LogP contribution in [-0.4, -0.2) is 20.6 Å². The van der Waals surface area contributed by atoms with E-state index in [1.165, 1.54) is 10.3 Å². The topological polar surface area (TPSA) is 42.7 Å². The van der Waals surface area contributed by atoms with E-state index in [-0.39, 0.29) is 6.04 Å². The zero-order valence-corrected chi connectivity index (χ0v) is 12.5. The van der Waals surface area contributed by atoms with Gasteiger partial charge in [-0.1, -0.05) is 0 Å². The van der Waals surface area contributed by atoms with Crippen molar-refractivity contribution in [1.82, 2.24) is 19.9 Å². The quantitative estimate of drug-likeness (QED) is 0.783. The summed E-state index contributed by atoms with van der Waals surface area (Å²) in [5.41, 5.74) is 2.31. The second-order valence-corrected chi connectivity index (χ2v) is 6.07. The van der Waals surface area contributed by atoms with Crippen molar-refractivity contribution < 1.29 is 0 Å². The second kappa shape index (κ2) is 5.73. The normalized spacial score (nSPS) is 14.5. The van der Waals surface area contributed by atoms with Gasteiger partial charge in [-0.2, -0.15) is 0 Å². The summed E-state index contributed by atoms with van der Waals surface area (Å²) in [5.74, 6) is 0. The molecule has 5 heteroatoms. The van der Waals surface area contributed by atoms with Crippen LogP contribution in [0.1, 0.15) is 25.5 Å². The number of aromatic nitrogens is 3. The third kappa shape index (κ3) is 2.89. The lowest BCUT2D eigenvalue weighted by atomic mass is 10.1. The molecule has 0 spiro atoms. The molecular formula is C15H18N4S. The van der Waals surface area contributed by atoms with Crippen molar-refractivity contribution in [2.45, 2.75) is 32.5 Å². The molecule has 3 aromatic heterocycles. The summed E-state index contributed by atoms with van der Waals surface area (Å²) in [7, 11) is 0. The fourth-order valence-electron chi connectivity index (χ4n) is 2.39. The Morgan fingerprint density at radius 1 is 1.40 bits per heavy atom. The highest BCUT2D eigenvalue weighted by molar-refractivity contribution is 7.17. The molecule has 104 valence electrons. The van der Waals surface area contributed by atoms with Crippen LogP contribution in [0.3, 0.4) is 0 Å². The Kier molecular flexibility index (Phi) is 3.80. The first-order valence-electron chi connectivity index (χ1n) is 6.77. The van der Waals surface area contributed by atoms with Gasteiger partial charge in [0, 0.05) is 37.2 Å². The average molecular weight is 286 g/mol. The number of imidazole rings is 1. The minimum absolute atomic E-state index is 0.285. The Morgan fingerprint density at radius 3 is 3.10 bits per heavy atom. The van der Waals surface area contributed by atoms with Gasteiger partial charge in [0.05, 0.1) is 16.5 Å². The molecule has 0 radical (unpaired) electrons. The standard InChI is InChI=1S/C15H18N4S/c1-11(9-19-5-4-16-10-19)18-12(2)13-7-15-14(17-8-13)3-6-20-15/h3-8,10-12,18H,9H2,1-2H3. The number of hydrogen-bond acceptors (Lipinski definition) is 4. The first-order valence-corrected chi connectivity index (χ1v) is 7.65. The van der Waals surface area contributed by atoms with E-state index in [1.54, 1.807) is 11.3 Å². The number of hydrogen-bond donors (Lipinski definition) is 1. The van der Waals surface area contributed by atoms with Crippen LogP contribution < -0.4 is 5.32 Å². The van der Waals surface area contributed by atoms with Gasteiger partial charge < -0.3 is 9.88 Å². The van der Waals surface area contributed by atoms with E-state index in [0.29, 0.717) is 6.04 Å². The number of pyridine rings is 1. The second-order valence-electron chi connectivity index (χ2n) is 5.12. The Balaban J connectivity index is 1.67. The van der Waals surface area contributed by atoms with E-state index < -0.39 is 0 Å². The Morgan fingerprint density at radius 2 is 2.30 bits per heavy atom. The molecule has 0 aliphatic rings. The van der Waals surface area contributed by atoms with Crippen LogP contribution in [0.5, 0.6) is 0 Å². The maximum atomic E-state index is 4.50. The first-order chi connectivity index (χ1) is 9.72. The maximum Gasteiger partial charge on any atom is 0.0946 e. The summed E-state index contributed by atoms with van der Waals surface area (Å²) in [6.45, 7) is 5.29. The predicted octanol–water partition coefficient (Wildman–Crippen LogP) is 3.23. The lowest BCUT2D eigenvalue weighted by Crippen LogP contribution is -2.32. The zero-order chi connectivity index (χ0) is 13.9. The van der Waals surface area contributed by atoms with Gasteiger partial charge in [0.1, 0.15) is 0 Å². The summed E-state index contributed by atoms with van der Waals surface area (Å²) in [6.07, 6.45) is 7.62. The SMILES string of the molecule is CC(Cn1ccnc1)NC(C)c1cnc2ccsc2c1. The molecule has 3 rings (SSSR count). The number of fused-ring (bicyclic) bond motifs is 1. The van der Waals surface area contributed by atoms with E-state index in [2.05, 4.69) is 51.2 Å². The number of nitrogens with one attached hydrogen (secondary N) is 1. The molecule has 0 aromatic carbocycles. The van der Waals surface area contributed by atoms with Crippen molar-refractivity contribution in [2.24, 2.45) is 0 Å². The fourth-order valence-corrected chi connectivity index (χ4v) is 3.17. The van der Waals surface area contributed by atoms with Gasteiger partial charge >= 0.3 is 0 Å². The summed E-state index contributed by atoms with van der Waals surface area (Å²) < 4.78 is 3.34. The summed E-state index contributed by atoms with van der Waals surface area (Å²) in [5, 5.41) is 5.69. The zero-order valence-electron chi connectivity index (χ0n) is 11.7. The Hall–Kier alpha value is -1.72. The molecule has 0 fully saturated rings. The van der Waals surface area contributed by atoms with Crippen LogP contribution in [0, 0.1) is 0 Å². The fraction of sp³-hybridized carbons (Fsp3) is 0.333. The van der Waals surface area contributed by atoms with Crippen molar-refractivity contribution in [3.63, 3.8) is 0 Å². The van der Waals surface area contributed by atoms with Crippen molar-refractivity contribution in [3.8, 4) is 0 Å². The molecule has 20 heavy (non-hydrogen) atoms. The molecule has 0 amide bonds. The molecule has 2 unspecified atom stereocenters. The highest BCUT2D eigenvalue weighted by Crippen LogP contribution is 2.22. The molecular weight excluding hydrogens is 268 g/mol. The average Bonchev–Trinajstić information content (AvgIpc) is 3.07. The predicted molar refractivity (Wildman–Crippen MR) is 82.9 cm³/mol. The minimum atomic E-state index is 0.285. The van der Waals surface area contributed by atoms with Crippen molar-refractivity contribution in [1.29, 1.82) is 0 Å². The van der Waals surface area contributed by atoms with Gasteiger partial charge in [0.15, 0.2) is 0 Å². The van der Waals surface area contributed by atoms with E-state index in [4.69, 9.17) is 0 Å². The van der Waals surface area contributed by atoms with Crippen LogP contribution >= 0.6 is 11.3 Å². The molecule has 1 N–H and O–H groups in total. The van der Waals surface area contributed by atoms with Crippen LogP contribution in [0.4, 0.5) is 0 Å². The number of nitrogens with zero attached hydrogens (tertiary/aromatic N) is 3. The molecule has 2 atom stereocenters. The van der Waals surface area contributed by atoms with Gasteiger partial charge in [-0.15, -0.1) is 11.3 Å². The van der Waals surface area contributed by atoms with Crippen molar-refractivity contribution >= 4 is 21.6 Å². The van der Waals surface area contributed by atoms with E-state index in [9.17, 15) is 0 Å². The van der Waals surface area contributed by atoms with Crippen molar-refractivity contribution in [2.75, 3.05) is 0 Å². The summed E-state index contributed by atoms with van der Waals surface area (Å²) in [6, 6.07) is 4.95. The Bertz CT molecular complexity index is 674. The maximum absolute atomic E-state index is 4.50. The van der Waals surface area contributed by atoms with Gasteiger partial charge in [0.25, 0.3) is 0 Å². The van der Waals surface area contributed by atoms with Crippen LogP contribution in [-0.2, 0) is 6.54 Å². The van der Waals surface area contributed by atoms with Crippen LogP contribution in [0.2, 0.25) is 0 Å². The third-order valence-corrected chi connectivity index (χ3v) is 4.26. The first kappa shape index (κ1) is 13.3. The van der Waals surface area contributed by atoms with Gasteiger partial charge in [-0.05, 0) is 36.9 Å². The lowest BCUT2D eigenvalue weighted by Gasteiger charge is -2.20. The van der Waals surface area contributed by atoms with Gasteiger partial charge in [0.2, 0.25) is 0 Å². The monoisotopic (exact) mass is 286 g/mol. The largest absolute Gasteiger partial charge is 0.336 e. The summed E-state index contributed by atoms with van der Waals surface area (Å²) in [4.78, 5) is 8.57. The smallest absolute Gasteiger partial charge is 0.0946 e. The summed E-state index contributed by atoms with van der Waals surface area (Å²) >= 11 is 1.74. The number of thiophene rings is 1. The lowest BCUT2D eigenvalue weighted by molar-refractivity contribution is 0.430. The molecule has 0 aliphatic heterocycles. The van der Waals surface area contributed by atoms with E-state index in [1.807, 2.05) is 24.9 Å². The Labute approximate surface area is 122 Å². The highest BCUT2D eigenvalue weighted by atomic mass is 32.1. The van der Waals surface area contributed by atoms with Gasteiger partial charge in [-0.25, -0.2) is 4.98 Å².